The van der Waals surface area contributed by atoms with Crippen LogP contribution in [0.25, 0.3) is 0 Å². The van der Waals surface area contributed by atoms with E-state index in [2.05, 4.69) is 16.0 Å². The highest BCUT2D eigenvalue weighted by atomic mass is 32.2. The second-order valence-corrected chi connectivity index (χ2v) is 8.58. The highest BCUT2D eigenvalue weighted by Crippen LogP contribution is 2.23. The normalized spacial score (nSPS) is 17.2. The highest BCUT2D eigenvalue weighted by molar-refractivity contribution is 7.89. The van der Waals surface area contributed by atoms with Gasteiger partial charge in [-0.15, -0.1) is 0 Å². The van der Waals surface area contributed by atoms with Gasteiger partial charge in [-0.2, -0.15) is 4.31 Å². The molecule has 30 heavy (non-hydrogen) atoms. The number of nitrogens with zero attached hydrogens (tertiary/aromatic N) is 1. The first-order valence-corrected chi connectivity index (χ1v) is 10.7. The van der Waals surface area contributed by atoms with Crippen LogP contribution in [0.1, 0.15) is 19.1 Å². The van der Waals surface area contributed by atoms with Crippen molar-refractivity contribution >= 4 is 33.4 Å². The number of sulfonamides is 1. The third-order valence-corrected chi connectivity index (χ3v) is 6.40. The number of rotatable bonds is 7. The maximum Gasteiger partial charge on any atom is 0.243 e. The van der Waals surface area contributed by atoms with Crippen molar-refractivity contribution in [3.8, 4) is 0 Å². The third-order valence-electron chi connectivity index (χ3n) is 4.48. The van der Waals surface area contributed by atoms with Gasteiger partial charge in [0, 0.05) is 25.7 Å². The molecule has 0 bridgehead atoms. The number of furan rings is 1. The number of carbonyl (C=O) groups is 3. The zero-order valence-corrected chi connectivity index (χ0v) is 17.1. The fourth-order valence-corrected chi connectivity index (χ4v) is 4.66. The van der Waals surface area contributed by atoms with Crippen LogP contribution in [0, 0.1) is 0 Å². The number of nitrogens with one attached hydrogen (secondary N) is 3. The molecule has 1 aromatic carbocycles. The molecule has 0 spiro atoms. The van der Waals surface area contributed by atoms with Crippen LogP contribution in [-0.2, 0) is 31.0 Å². The van der Waals surface area contributed by atoms with E-state index in [1.165, 1.54) is 37.5 Å². The lowest BCUT2D eigenvalue weighted by Crippen LogP contribution is -2.58. The topological polar surface area (TPSA) is 138 Å². The molecule has 3 amide bonds. The third kappa shape index (κ3) is 5.05. The molecule has 10 nitrogen and oxygen atoms in total. The quantitative estimate of drug-likeness (QED) is 0.578. The van der Waals surface area contributed by atoms with E-state index in [9.17, 15) is 22.8 Å². The Morgan fingerprint density at radius 3 is 2.60 bits per heavy atom. The average molecular weight is 434 g/mol. The van der Waals surface area contributed by atoms with Crippen LogP contribution >= 0.6 is 0 Å². The van der Waals surface area contributed by atoms with Gasteiger partial charge in [-0.25, -0.2) is 8.42 Å². The van der Waals surface area contributed by atoms with Crippen molar-refractivity contribution in [1.82, 2.24) is 14.9 Å². The molecule has 1 atom stereocenters. The minimum Gasteiger partial charge on any atom is -0.467 e. The van der Waals surface area contributed by atoms with Crippen LogP contribution in [0.3, 0.4) is 0 Å². The molecule has 0 aliphatic carbocycles. The molecule has 3 N–H and O–H groups in total. The smallest absolute Gasteiger partial charge is 0.243 e. The van der Waals surface area contributed by atoms with Crippen molar-refractivity contribution < 1.29 is 27.2 Å². The lowest BCUT2D eigenvalue weighted by Gasteiger charge is -2.33. The zero-order chi connectivity index (χ0) is 21.7. The van der Waals surface area contributed by atoms with Gasteiger partial charge in [0.15, 0.2) is 0 Å². The summed E-state index contributed by atoms with van der Waals surface area (Å²) in [5.41, 5.74) is 0.451. The van der Waals surface area contributed by atoms with Gasteiger partial charge in [-0.1, -0.05) is 0 Å². The van der Waals surface area contributed by atoms with E-state index in [0.29, 0.717) is 11.4 Å². The first-order chi connectivity index (χ1) is 14.3. The van der Waals surface area contributed by atoms with Crippen molar-refractivity contribution in [2.75, 3.05) is 18.4 Å². The Morgan fingerprint density at radius 2 is 1.97 bits per heavy atom. The summed E-state index contributed by atoms with van der Waals surface area (Å²) in [6.07, 6.45) is 1.15. The van der Waals surface area contributed by atoms with E-state index in [4.69, 9.17) is 4.42 Å². The number of anilines is 1. The van der Waals surface area contributed by atoms with E-state index in [0.717, 1.165) is 4.31 Å². The molecule has 3 rings (SSSR count). The van der Waals surface area contributed by atoms with Gasteiger partial charge < -0.3 is 20.4 Å². The molecule has 0 unspecified atom stereocenters. The summed E-state index contributed by atoms with van der Waals surface area (Å²) in [4.78, 5) is 35.8. The molecular weight excluding hydrogens is 412 g/mol. The first kappa shape index (κ1) is 21.5. The fourth-order valence-electron chi connectivity index (χ4n) is 3.07. The van der Waals surface area contributed by atoms with Crippen LogP contribution in [-0.4, -0.2) is 49.6 Å². The summed E-state index contributed by atoms with van der Waals surface area (Å²) in [6, 6.07) is 7.82. The maximum atomic E-state index is 13.1. The molecule has 11 heteroatoms. The summed E-state index contributed by atoms with van der Waals surface area (Å²) in [7, 11) is -4.03. The second-order valence-electron chi connectivity index (χ2n) is 6.69. The van der Waals surface area contributed by atoms with Crippen molar-refractivity contribution in [1.29, 1.82) is 0 Å². The zero-order valence-electron chi connectivity index (χ0n) is 16.3. The van der Waals surface area contributed by atoms with Crippen LogP contribution in [0.15, 0.2) is 52.0 Å². The number of benzene rings is 1. The average Bonchev–Trinajstić information content (AvgIpc) is 3.21. The minimum atomic E-state index is -4.03. The van der Waals surface area contributed by atoms with Gasteiger partial charge in [0.25, 0.3) is 0 Å². The molecule has 1 aromatic heterocycles. The fraction of sp³-hybridized carbons (Fsp3) is 0.316. The molecule has 0 saturated carbocycles. The van der Waals surface area contributed by atoms with E-state index in [-0.39, 0.29) is 36.9 Å². The molecule has 1 aliphatic heterocycles. The van der Waals surface area contributed by atoms with Gasteiger partial charge in [0.1, 0.15) is 11.8 Å². The molecular formula is C19H22N4O6S. The number of hydrogen-bond donors (Lipinski definition) is 3. The lowest BCUT2D eigenvalue weighted by atomic mass is 10.1. The van der Waals surface area contributed by atoms with Crippen molar-refractivity contribution in [2.24, 2.45) is 0 Å². The predicted octanol–water partition coefficient (Wildman–Crippen LogP) is 0.434. The van der Waals surface area contributed by atoms with E-state index < -0.39 is 27.9 Å². The molecule has 2 aromatic rings. The van der Waals surface area contributed by atoms with Gasteiger partial charge in [0.2, 0.25) is 27.7 Å². The Labute approximate surface area is 173 Å². The van der Waals surface area contributed by atoms with E-state index in [1.807, 2.05) is 0 Å². The Balaban J connectivity index is 1.74. The molecule has 0 radical (unpaired) electrons. The Bertz CT molecular complexity index is 1020. The van der Waals surface area contributed by atoms with Crippen LogP contribution in [0.5, 0.6) is 0 Å². The molecule has 1 fully saturated rings. The summed E-state index contributed by atoms with van der Waals surface area (Å²) in [6.45, 7) is 1.67. The van der Waals surface area contributed by atoms with Crippen molar-refractivity contribution in [3.63, 3.8) is 0 Å². The number of amides is 3. The Morgan fingerprint density at radius 1 is 1.23 bits per heavy atom. The summed E-state index contributed by atoms with van der Waals surface area (Å²) < 4.78 is 32.4. The predicted molar refractivity (Wildman–Crippen MR) is 107 cm³/mol. The Hall–Kier alpha value is -3.18. The number of piperazine rings is 1. The highest BCUT2D eigenvalue weighted by Gasteiger charge is 2.39. The van der Waals surface area contributed by atoms with Crippen LogP contribution in [0.4, 0.5) is 5.69 Å². The minimum absolute atomic E-state index is 0.0349. The lowest BCUT2D eigenvalue weighted by molar-refractivity contribution is -0.131. The van der Waals surface area contributed by atoms with Gasteiger partial charge >= 0.3 is 0 Å². The van der Waals surface area contributed by atoms with Crippen molar-refractivity contribution in [2.45, 2.75) is 30.8 Å². The summed E-state index contributed by atoms with van der Waals surface area (Å²) in [5.74, 6) is -0.749. The summed E-state index contributed by atoms with van der Waals surface area (Å²) in [5, 5.41) is 7.77. The van der Waals surface area contributed by atoms with Gasteiger partial charge in [-0.05, 0) is 36.4 Å². The van der Waals surface area contributed by atoms with Gasteiger partial charge in [-0.3, -0.25) is 14.4 Å². The standard InChI is InChI=1S/C19H22N4O6S/c1-13(24)22-14-4-6-16(7-5-14)30(27,28)23-9-8-20-19(26)17(23)11-18(25)21-12-15-3-2-10-29-15/h2-7,10,17H,8-9,11-12H2,1H3,(H,20,26)(H,21,25)(H,22,24)/t17-/m1/s1. The largest absolute Gasteiger partial charge is 0.467 e. The second kappa shape index (κ2) is 9.09. The van der Waals surface area contributed by atoms with E-state index >= 15 is 0 Å². The van der Waals surface area contributed by atoms with Crippen LogP contribution in [0.2, 0.25) is 0 Å². The number of carbonyl (C=O) groups excluding carboxylic acids is 3. The van der Waals surface area contributed by atoms with E-state index in [1.54, 1.807) is 12.1 Å². The Kier molecular flexibility index (Phi) is 6.53. The molecule has 160 valence electrons. The van der Waals surface area contributed by atoms with Crippen molar-refractivity contribution in [3.05, 3.63) is 48.4 Å². The first-order valence-electron chi connectivity index (χ1n) is 9.23. The molecule has 1 saturated heterocycles. The molecule has 1 aliphatic rings. The van der Waals surface area contributed by atoms with Crippen LogP contribution < -0.4 is 16.0 Å². The van der Waals surface area contributed by atoms with Gasteiger partial charge in [0.05, 0.1) is 24.1 Å². The summed E-state index contributed by atoms with van der Waals surface area (Å²) >= 11 is 0. The number of hydrogen-bond acceptors (Lipinski definition) is 6. The maximum absolute atomic E-state index is 13.1. The SMILES string of the molecule is CC(=O)Nc1ccc(S(=O)(=O)N2CCNC(=O)[C@H]2CC(=O)NCc2ccco2)cc1. The monoisotopic (exact) mass is 434 g/mol. The molecule has 2 heterocycles.